The Morgan fingerprint density at radius 1 is 0.361 bits per heavy atom. The molecule has 72 heavy (non-hydrogen) atoms. The van der Waals surface area contributed by atoms with Gasteiger partial charge < -0.3 is 18.6 Å². The molecule has 0 atom stereocenters. The molecule has 6 rings (SSSR count). The van der Waals surface area contributed by atoms with Crippen LogP contribution in [0.15, 0.2) is 72.8 Å². The van der Waals surface area contributed by atoms with Crippen LogP contribution in [-0.4, -0.2) is 51.8 Å². The fourth-order valence-corrected chi connectivity index (χ4v) is 29.3. The van der Waals surface area contributed by atoms with Crippen LogP contribution in [0.4, 0.5) is 0 Å². The Morgan fingerprint density at radius 2 is 0.569 bits per heavy atom. The molecular weight excluding hydrogens is 965 g/mol. The zero-order valence-electron chi connectivity index (χ0n) is 50.2. The lowest BCUT2D eigenvalue weighted by atomic mass is 9.76. The van der Waals surface area contributed by atoms with Crippen molar-refractivity contribution in [2.75, 3.05) is 0 Å². The molecule has 0 fully saturated rings. The molecule has 0 aromatic heterocycles. The normalized spacial score (nSPS) is 16.2. The van der Waals surface area contributed by atoms with Crippen molar-refractivity contribution < 1.29 is 29.1 Å². The summed E-state index contributed by atoms with van der Waals surface area (Å²) < 4.78 is 44.3. The molecule has 2 aliphatic heterocycles. The predicted molar refractivity (Wildman–Crippen MR) is 321 cm³/mol. The van der Waals surface area contributed by atoms with E-state index in [-0.39, 0.29) is 26.0 Å². The molecule has 2 heterocycles. The van der Waals surface area contributed by atoms with Gasteiger partial charge >= 0.3 is 0 Å². The lowest BCUT2D eigenvalue weighted by Crippen LogP contribution is -2.39. The molecule has 0 radical (unpaired) electrons. The molecule has 0 amide bonds. The van der Waals surface area contributed by atoms with Crippen LogP contribution in [0.25, 0.3) is 0 Å². The summed E-state index contributed by atoms with van der Waals surface area (Å²) in [5, 5.41) is 15.3. The number of hydrogen-bond acceptors (Lipinski definition) is 6. The molecule has 0 saturated heterocycles. The Kier molecular flexibility index (Phi) is 17.2. The molecule has 0 unspecified atom stereocenters. The van der Waals surface area contributed by atoms with Crippen molar-refractivity contribution in [3.63, 3.8) is 0 Å². The summed E-state index contributed by atoms with van der Waals surface area (Å²) in [5.41, 5.74) is 4.19. The van der Waals surface area contributed by atoms with Crippen LogP contribution in [0, 0.1) is 0 Å². The van der Waals surface area contributed by atoms with E-state index in [0.717, 1.165) is 33.2 Å². The Bertz CT molecular complexity index is 2460. The summed E-state index contributed by atoms with van der Waals surface area (Å²) in [6, 6.07) is 26.0. The van der Waals surface area contributed by atoms with E-state index < -0.39 is 56.2 Å². The van der Waals surface area contributed by atoms with E-state index in [1.54, 1.807) is 0 Å². The molecule has 6 nitrogen and oxygen atoms in total. The fraction of sp³-hybridized carbons (Fsp3) is 0.613. The summed E-state index contributed by atoms with van der Waals surface area (Å²) in [6.07, 6.45) is 0. The molecule has 2 N–H and O–H groups in total. The average molecular weight is 1060 g/mol. The van der Waals surface area contributed by atoms with Crippen molar-refractivity contribution in [3.8, 4) is 23.0 Å². The highest BCUT2D eigenvalue weighted by molar-refractivity contribution is 7.75. The maximum atomic E-state index is 15.1. The van der Waals surface area contributed by atoms with Gasteiger partial charge in [-0.1, -0.05) is 270 Å². The van der Waals surface area contributed by atoms with E-state index in [4.69, 9.17) is 20.0 Å². The van der Waals surface area contributed by atoms with Crippen LogP contribution < -0.4 is 30.7 Å². The van der Waals surface area contributed by atoms with Gasteiger partial charge in [0, 0.05) is 64.3 Å². The summed E-state index contributed by atoms with van der Waals surface area (Å²) in [4.78, 5) is 0. The first-order valence-corrected chi connectivity index (χ1v) is 32.1. The van der Waals surface area contributed by atoms with E-state index in [2.05, 4.69) is 242 Å². The molecule has 0 bridgehead atoms. The summed E-state index contributed by atoms with van der Waals surface area (Å²) in [6.45, 7) is 62.8. The third-order valence-corrected chi connectivity index (χ3v) is 31.4. The number of benzene rings is 4. The average Bonchev–Trinajstić information content (AvgIpc) is 3.18. The van der Waals surface area contributed by atoms with E-state index in [9.17, 15) is 0 Å². The lowest BCUT2D eigenvalue weighted by Gasteiger charge is -2.46. The molecule has 2 aliphatic rings. The standard InChI is InChI=1S/C31H48O3P2.C31H48OP2.H2O2/c1-27(2,3)35(32,28(4,5)6)23-19-15-17-21-25(23)34-26-22(31(21,13)14)18-16-20-24(26)36(33,29(7,8)9)30(10,11)12;1-27(2,3)33(28(4,5)6)23-19-15-17-21-25(23)32-26-22(31(21,13)14)18-16-20-24(26)34(29(7,8)9)30(10,11)12;1-2/h15-20H,1-14H3;15-20H,1-14H3;1-2H. The second kappa shape index (κ2) is 19.9. The predicted octanol–water partition coefficient (Wildman–Crippen LogP) is 18.8. The van der Waals surface area contributed by atoms with Gasteiger partial charge in [-0.25, -0.2) is 0 Å². The van der Waals surface area contributed by atoms with Crippen molar-refractivity contribution in [2.45, 2.75) is 246 Å². The van der Waals surface area contributed by atoms with Gasteiger partial charge in [-0.2, -0.15) is 0 Å². The second-order valence-corrected chi connectivity index (χ2v) is 45.8. The van der Waals surface area contributed by atoms with Gasteiger partial charge in [-0.3, -0.25) is 10.5 Å². The monoisotopic (exact) mass is 1060 g/mol. The van der Waals surface area contributed by atoms with E-state index in [1.165, 1.54) is 21.7 Å². The van der Waals surface area contributed by atoms with Crippen LogP contribution >= 0.6 is 30.1 Å². The van der Waals surface area contributed by atoms with Gasteiger partial charge in [0.2, 0.25) is 0 Å². The van der Waals surface area contributed by atoms with Crippen LogP contribution in [0.3, 0.4) is 0 Å². The Labute approximate surface area is 442 Å². The molecule has 0 aliphatic carbocycles. The zero-order chi connectivity index (χ0) is 56.0. The first kappa shape index (κ1) is 62.3. The van der Waals surface area contributed by atoms with Gasteiger partial charge in [0.1, 0.15) is 37.3 Å². The summed E-state index contributed by atoms with van der Waals surface area (Å²) in [5.74, 6) is 3.62. The molecule has 4 aromatic carbocycles. The van der Waals surface area contributed by atoms with Gasteiger partial charge in [-0.05, 0) is 32.8 Å². The number of ether oxygens (including phenoxy) is 2. The highest BCUT2D eigenvalue weighted by Crippen LogP contribution is 2.71. The molecular formula is C62H98O6P4. The highest BCUT2D eigenvalue weighted by Gasteiger charge is 2.54. The molecule has 402 valence electrons. The van der Waals surface area contributed by atoms with E-state index in [0.29, 0.717) is 11.5 Å². The van der Waals surface area contributed by atoms with Crippen molar-refractivity contribution in [3.05, 3.63) is 95.1 Å². The number of rotatable bonds is 4. The first-order chi connectivity index (χ1) is 32.1. The highest BCUT2D eigenvalue weighted by atomic mass is 31.2. The molecule has 4 aromatic rings. The van der Waals surface area contributed by atoms with Crippen molar-refractivity contribution in [1.82, 2.24) is 0 Å². The fourth-order valence-electron chi connectivity index (χ4n) is 12.8. The topological polar surface area (TPSA) is 93.1 Å². The summed E-state index contributed by atoms with van der Waals surface area (Å²) >= 11 is 0. The van der Waals surface area contributed by atoms with Crippen molar-refractivity contribution in [1.29, 1.82) is 0 Å². The number of fused-ring (bicyclic) bond motifs is 4. The summed E-state index contributed by atoms with van der Waals surface area (Å²) in [7, 11) is -6.91. The smallest absolute Gasteiger partial charge is 0.142 e. The third kappa shape index (κ3) is 11.0. The van der Waals surface area contributed by atoms with Gasteiger partial charge in [0.15, 0.2) is 0 Å². The largest absolute Gasteiger partial charge is 0.455 e. The minimum Gasteiger partial charge on any atom is -0.455 e. The minimum absolute atomic E-state index is 0.109. The third-order valence-electron chi connectivity index (χ3n) is 14.7. The van der Waals surface area contributed by atoms with Crippen LogP contribution in [0.2, 0.25) is 0 Å². The van der Waals surface area contributed by atoms with Crippen LogP contribution in [-0.2, 0) is 20.0 Å². The number of hydrogen-bond donors (Lipinski definition) is 2. The van der Waals surface area contributed by atoms with E-state index >= 15 is 9.13 Å². The minimum atomic E-state index is -2.98. The van der Waals surface area contributed by atoms with Gasteiger partial charge in [0.05, 0.1) is 10.6 Å². The Morgan fingerprint density at radius 3 is 0.792 bits per heavy atom. The Balaban J connectivity index is 0.000000303. The van der Waals surface area contributed by atoms with Crippen molar-refractivity contribution >= 4 is 51.3 Å². The second-order valence-electron chi connectivity index (χ2n) is 29.3. The Hall–Kier alpha value is -2.28. The molecule has 0 spiro atoms. The van der Waals surface area contributed by atoms with Gasteiger partial charge in [-0.15, -0.1) is 0 Å². The van der Waals surface area contributed by atoms with Crippen LogP contribution in [0.1, 0.15) is 216 Å². The maximum absolute atomic E-state index is 15.1. The van der Waals surface area contributed by atoms with Gasteiger partial charge in [0.25, 0.3) is 0 Å². The SMILES string of the molecule is CC1(C)c2cccc(P(=O)(C(C)(C)C)C(C)(C)C)c2Oc2c1cccc2P(=O)(C(C)(C)C)C(C)(C)C.CC1(C)c2cccc(P(C(C)(C)C)C(C)(C)C)c2Oc2c(P(C(C)(C)C)C(C)(C)C)cccc21.OO. The van der Waals surface area contributed by atoms with Crippen LogP contribution in [0.5, 0.6) is 23.0 Å². The molecule has 0 saturated carbocycles. The zero-order valence-corrected chi connectivity index (χ0v) is 53.8. The first-order valence-electron chi connectivity index (χ1n) is 26.0. The number of para-hydroxylation sites is 4. The molecule has 10 heteroatoms. The lowest BCUT2D eigenvalue weighted by molar-refractivity contribution is -0.176. The maximum Gasteiger partial charge on any atom is 0.142 e. The quantitative estimate of drug-likeness (QED) is 0.120. The van der Waals surface area contributed by atoms with Crippen molar-refractivity contribution in [2.24, 2.45) is 0 Å². The van der Waals surface area contributed by atoms with E-state index in [1.807, 2.05) is 24.3 Å².